The van der Waals surface area contributed by atoms with Crippen LogP contribution < -0.4 is 5.32 Å². The Bertz CT molecular complexity index is 511. The second kappa shape index (κ2) is 6.07. The molecule has 1 aromatic rings. The summed E-state index contributed by atoms with van der Waals surface area (Å²) in [5, 5.41) is 2.77. The van der Waals surface area contributed by atoms with E-state index in [9.17, 15) is 9.59 Å². The standard InChI is InChI=1S/C16H22N2O2/c1-11(2)15(17-12(3)19)16(20)18-9-8-13-6-4-5-7-14(13)10-18/h4-7,11,15H,8-10H2,1-3H3,(H,17,19)/t15-/m0/s1. The molecule has 1 heterocycles. The quantitative estimate of drug-likeness (QED) is 0.912. The maximum Gasteiger partial charge on any atom is 0.245 e. The molecule has 0 saturated heterocycles. The fraction of sp³-hybridized carbons (Fsp3) is 0.500. The maximum atomic E-state index is 12.6. The normalized spacial score (nSPS) is 15.7. The Morgan fingerprint density at radius 3 is 2.45 bits per heavy atom. The first-order chi connectivity index (χ1) is 9.49. The fourth-order valence-electron chi connectivity index (χ4n) is 2.61. The Kier molecular flexibility index (Phi) is 4.42. The van der Waals surface area contributed by atoms with Gasteiger partial charge in [-0.1, -0.05) is 38.1 Å². The molecule has 1 aliphatic rings. The minimum atomic E-state index is -0.433. The lowest BCUT2D eigenvalue weighted by Gasteiger charge is -2.33. The number of rotatable bonds is 3. The number of fused-ring (bicyclic) bond motifs is 1. The number of benzene rings is 1. The highest BCUT2D eigenvalue weighted by molar-refractivity contribution is 5.87. The monoisotopic (exact) mass is 274 g/mol. The van der Waals surface area contributed by atoms with E-state index in [0.717, 1.165) is 13.0 Å². The Hall–Kier alpha value is -1.84. The van der Waals surface area contributed by atoms with Crippen LogP contribution in [0, 0.1) is 5.92 Å². The van der Waals surface area contributed by atoms with Crippen LogP contribution >= 0.6 is 0 Å². The maximum absolute atomic E-state index is 12.6. The molecule has 2 amide bonds. The second-order valence-electron chi connectivity index (χ2n) is 5.70. The van der Waals surface area contributed by atoms with Crippen LogP contribution in [0.25, 0.3) is 0 Å². The molecule has 0 bridgehead atoms. The average molecular weight is 274 g/mol. The van der Waals surface area contributed by atoms with Crippen molar-refractivity contribution in [1.82, 2.24) is 10.2 Å². The molecule has 0 radical (unpaired) electrons. The van der Waals surface area contributed by atoms with Gasteiger partial charge in [0.2, 0.25) is 11.8 Å². The van der Waals surface area contributed by atoms with Gasteiger partial charge in [-0.25, -0.2) is 0 Å². The number of hydrogen-bond acceptors (Lipinski definition) is 2. The molecular formula is C16H22N2O2. The summed E-state index contributed by atoms with van der Waals surface area (Å²) in [6, 6.07) is 7.78. The van der Waals surface area contributed by atoms with E-state index in [-0.39, 0.29) is 17.7 Å². The van der Waals surface area contributed by atoms with Gasteiger partial charge in [0, 0.05) is 20.0 Å². The molecule has 0 saturated carbocycles. The summed E-state index contributed by atoms with van der Waals surface area (Å²) in [5.41, 5.74) is 2.52. The predicted octanol–water partition coefficient (Wildman–Crippen LogP) is 1.73. The van der Waals surface area contributed by atoms with Gasteiger partial charge in [0.1, 0.15) is 6.04 Å². The molecule has 4 nitrogen and oxygen atoms in total. The topological polar surface area (TPSA) is 49.4 Å². The van der Waals surface area contributed by atoms with Crippen LogP contribution in [0.3, 0.4) is 0 Å². The second-order valence-corrected chi connectivity index (χ2v) is 5.70. The van der Waals surface area contributed by atoms with E-state index in [0.29, 0.717) is 6.54 Å². The molecule has 0 spiro atoms. The molecule has 0 aliphatic carbocycles. The number of amides is 2. The Morgan fingerprint density at radius 2 is 1.85 bits per heavy atom. The molecule has 1 aliphatic heterocycles. The van der Waals surface area contributed by atoms with Gasteiger partial charge in [0.15, 0.2) is 0 Å². The molecule has 20 heavy (non-hydrogen) atoms. The molecule has 1 atom stereocenters. The zero-order valence-electron chi connectivity index (χ0n) is 12.3. The molecule has 2 rings (SSSR count). The minimum Gasteiger partial charge on any atom is -0.344 e. The van der Waals surface area contributed by atoms with Crippen molar-refractivity contribution in [3.63, 3.8) is 0 Å². The molecule has 1 aromatic carbocycles. The van der Waals surface area contributed by atoms with Crippen molar-refractivity contribution in [3.8, 4) is 0 Å². The van der Waals surface area contributed by atoms with Crippen molar-refractivity contribution in [3.05, 3.63) is 35.4 Å². The summed E-state index contributed by atoms with van der Waals surface area (Å²) < 4.78 is 0. The first-order valence-corrected chi connectivity index (χ1v) is 7.11. The average Bonchev–Trinajstić information content (AvgIpc) is 2.43. The van der Waals surface area contributed by atoms with Crippen molar-refractivity contribution < 1.29 is 9.59 Å². The largest absolute Gasteiger partial charge is 0.344 e. The summed E-state index contributed by atoms with van der Waals surface area (Å²) in [6.07, 6.45) is 0.882. The SMILES string of the molecule is CC(=O)N[C@H](C(=O)N1CCc2ccccc2C1)C(C)C. The number of carbonyl (C=O) groups is 2. The van der Waals surface area contributed by atoms with Crippen molar-refractivity contribution in [1.29, 1.82) is 0 Å². The molecule has 0 aromatic heterocycles. The zero-order valence-corrected chi connectivity index (χ0v) is 12.3. The van der Waals surface area contributed by atoms with Crippen molar-refractivity contribution >= 4 is 11.8 Å². The lowest BCUT2D eigenvalue weighted by Crippen LogP contribution is -2.51. The van der Waals surface area contributed by atoms with Gasteiger partial charge in [-0.3, -0.25) is 9.59 Å². The third-order valence-electron chi connectivity index (χ3n) is 3.73. The Morgan fingerprint density at radius 1 is 1.20 bits per heavy atom. The first-order valence-electron chi connectivity index (χ1n) is 7.11. The van der Waals surface area contributed by atoms with E-state index >= 15 is 0 Å². The van der Waals surface area contributed by atoms with Gasteiger partial charge in [-0.05, 0) is 23.5 Å². The Balaban J connectivity index is 2.11. The predicted molar refractivity (Wildman–Crippen MR) is 78.0 cm³/mol. The van der Waals surface area contributed by atoms with Crippen LogP contribution in [0.15, 0.2) is 24.3 Å². The smallest absolute Gasteiger partial charge is 0.245 e. The molecular weight excluding hydrogens is 252 g/mol. The van der Waals surface area contributed by atoms with E-state index in [4.69, 9.17) is 0 Å². The molecule has 108 valence electrons. The van der Waals surface area contributed by atoms with Gasteiger partial charge >= 0.3 is 0 Å². The number of nitrogens with one attached hydrogen (secondary N) is 1. The third kappa shape index (κ3) is 3.18. The highest BCUT2D eigenvalue weighted by Gasteiger charge is 2.29. The molecule has 0 unspecified atom stereocenters. The van der Waals surface area contributed by atoms with Crippen molar-refractivity contribution in [2.45, 2.75) is 39.8 Å². The van der Waals surface area contributed by atoms with Crippen LogP contribution in [-0.4, -0.2) is 29.3 Å². The van der Waals surface area contributed by atoms with Crippen molar-refractivity contribution in [2.24, 2.45) is 5.92 Å². The first kappa shape index (κ1) is 14.6. The van der Waals surface area contributed by atoms with E-state index in [2.05, 4.69) is 17.4 Å². The summed E-state index contributed by atoms with van der Waals surface area (Å²) in [6.45, 7) is 6.72. The van der Waals surface area contributed by atoms with E-state index in [1.807, 2.05) is 30.9 Å². The third-order valence-corrected chi connectivity index (χ3v) is 3.73. The highest BCUT2D eigenvalue weighted by Crippen LogP contribution is 2.20. The molecule has 0 fully saturated rings. The zero-order chi connectivity index (χ0) is 14.7. The molecule has 1 N–H and O–H groups in total. The summed E-state index contributed by atoms with van der Waals surface area (Å²) >= 11 is 0. The summed E-state index contributed by atoms with van der Waals surface area (Å²) in [4.78, 5) is 25.7. The van der Waals surface area contributed by atoms with Gasteiger partial charge in [-0.15, -0.1) is 0 Å². The van der Waals surface area contributed by atoms with Crippen LogP contribution in [-0.2, 0) is 22.6 Å². The fourth-order valence-corrected chi connectivity index (χ4v) is 2.61. The minimum absolute atomic E-state index is 0.0182. The van der Waals surface area contributed by atoms with Crippen LogP contribution in [0.2, 0.25) is 0 Å². The summed E-state index contributed by atoms with van der Waals surface area (Å²) in [5.74, 6) is -0.0530. The van der Waals surface area contributed by atoms with Crippen LogP contribution in [0.4, 0.5) is 0 Å². The number of hydrogen-bond donors (Lipinski definition) is 1. The highest BCUT2D eigenvalue weighted by atomic mass is 16.2. The van der Waals surface area contributed by atoms with E-state index < -0.39 is 6.04 Å². The van der Waals surface area contributed by atoms with E-state index in [1.165, 1.54) is 18.1 Å². The van der Waals surface area contributed by atoms with Gasteiger partial charge in [-0.2, -0.15) is 0 Å². The van der Waals surface area contributed by atoms with Gasteiger partial charge < -0.3 is 10.2 Å². The number of carbonyl (C=O) groups excluding carboxylic acids is 2. The van der Waals surface area contributed by atoms with E-state index in [1.54, 1.807) is 0 Å². The van der Waals surface area contributed by atoms with Crippen LogP contribution in [0.1, 0.15) is 31.9 Å². The summed E-state index contributed by atoms with van der Waals surface area (Å²) in [7, 11) is 0. The van der Waals surface area contributed by atoms with Crippen LogP contribution in [0.5, 0.6) is 0 Å². The lowest BCUT2D eigenvalue weighted by atomic mass is 9.97. The molecule has 4 heteroatoms. The lowest BCUT2D eigenvalue weighted by molar-refractivity contribution is -0.138. The van der Waals surface area contributed by atoms with Gasteiger partial charge in [0.25, 0.3) is 0 Å². The number of nitrogens with zero attached hydrogens (tertiary/aromatic N) is 1. The Labute approximate surface area is 120 Å². The van der Waals surface area contributed by atoms with Crippen molar-refractivity contribution in [2.75, 3.05) is 6.54 Å². The van der Waals surface area contributed by atoms with Gasteiger partial charge in [0.05, 0.1) is 0 Å².